The minimum absolute atomic E-state index is 0.00539. The van der Waals surface area contributed by atoms with Crippen LogP contribution in [0.2, 0.25) is 0 Å². The highest BCUT2D eigenvalue weighted by molar-refractivity contribution is 7.92. The van der Waals surface area contributed by atoms with Crippen LogP contribution in [-0.4, -0.2) is 34.7 Å². The van der Waals surface area contributed by atoms with Gasteiger partial charge in [-0.15, -0.1) is 0 Å². The van der Waals surface area contributed by atoms with Crippen LogP contribution in [0, 0.1) is 11.2 Å². The summed E-state index contributed by atoms with van der Waals surface area (Å²) in [7, 11) is -3.39. The number of aromatic nitrogens is 2. The molecule has 0 saturated heterocycles. The second-order valence-corrected chi connectivity index (χ2v) is 11.8. The zero-order chi connectivity index (χ0) is 24.8. The van der Waals surface area contributed by atoms with Crippen molar-refractivity contribution in [1.29, 1.82) is 0 Å². The van der Waals surface area contributed by atoms with Crippen molar-refractivity contribution in [3.05, 3.63) is 82.9 Å². The summed E-state index contributed by atoms with van der Waals surface area (Å²) in [4.78, 5) is 0. The fourth-order valence-electron chi connectivity index (χ4n) is 5.54. The van der Waals surface area contributed by atoms with Gasteiger partial charge in [0.1, 0.15) is 5.82 Å². The normalized spacial score (nSPS) is 23.5. The summed E-state index contributed by atoms with van der Waals surface area (Å²) in [6.07, 6.45) is 7.14. The molecule has 3 aromatic rings. The van der Waals surface area contributed by atoms with Gasteiger partial charge in [0.25, 0.3) is 0 Å². The Hall–Kier alpha value is -2.97. The van der Waals surface area contributed by atoms with Crippen molar-refractivity contribution in [2.75, 3.05) is 10.5 Å². The monoisotopic (exact) mass is 495 g/mol. The Labute approximate surface area is 205 Å². The fourth-order valence-corrected chi connectivity index (χ4v) is 6.22. The van der Waals surface area contributed by atoms with Gasteiger partial charge < -0.3 is 5.11 Å². The molecule has 1 aromatic heterocycles. The average molecular weight is 496 g/mol. The highest BCUT2D eigenvalue weighted by Crippen LogP contribution is 2.57. The maximum absolute atomic E-state index is 13.4. The van der Waals surface area contributed by atoms with E-state index in [0.717, 1.165) is 28.9 Å². The van der Waals surface area contributed by atoms with E-state index in [9.17, 15) is 17.9 Å². The first-order valence-electron chi connectivity index (χ1n) is 12.0. The molecule has 2 aliphatic carbocycles. The predicted molar refractivity (Wildman–Crippen MR) is 135 cm³/mol. The number of para-hydroxylation sites is 1. The summed E-state index contributed by atoms with van der Waals surface area (Å²) >= 11 is 0. The Morgan fingerprint density at radius 3 is 2.66 bits per heavy atom. The minimum atomic E-state index is -3.39. The van der Waals surface area contributed by atoms with Crippen LogP contribution in [0.1, 0.15) is 49.9 Å². The molecule has 2 aromatic carbocycles. The van der Waals surface area contributed by atoms with E-state index in [1.54, 1.807) is 25.1 Å². The molecule has 5 rings (SSSR count). The fraction of sp³-hybridized carbons (Fsp3) is 0.370. The van der Waals surface area contributed by atoms with Crippen LogP contribution in [0.5, 0.6) is 0 Å². The van der Waals surface area contributed by atoms with Gasteiger partial charge >= 0.3 is 0 Å². The lowest BCUT2D eigenvalue weighted by Crippen LogP contribution is -2.45. The van der Waals surface area contributed by atoms with Crippen LogP contribution in [-0.2, 0) is 22.9 Å². The Kier molecular flexibility index (Phi) is 5.84. The maximum atomic E-state index is 13.4. The lowest BCUT2D eigenvalue weighted by molar-refractivity contribution is -0.0461. The summed E-state index contributed by atoms with van der Waals surface area (Å²) in [6.45, 7) is 3.73. The van der Waals surface area contributed by atoms with Gasteiger partial charge in [-0.25, -0.2) is 17.5 Å². The largest absolute Gasteiger partial charge is 0.389 e. The lowest BCUT2D eigenvalue weighted by atomic mass is 9.65. The van der Waals surface area contributed by atoms with E-state index in [2.05, 4.69) is 22.8 Å². The molecular weight excluding hydrogens is 465 g/mol. The Morgan fingerprint density at radius 1 is 1.17 bits per heavy atom. The number of hydrogen-bond donors (Lipinski definition) is 2. The molecule has 0 radical (unpaired) electrons. The molecule has 184 valence electrons. The second kappa shape index (κ2) is 8.60. The first kappa shape index (κ1) is 23.8. The van der Waals surface area contributed by atoms with Crippen molar-refractivity contribution in [3.8, 4) is 5.69 Å². The third-order valence-corrected chi connectivity index (χ3v) is 9.12. The number of nitrogens with zero attached hydrogens (tertiary/aromatic N) is 2. The van der Waals surface area contributed by atoms with Gasteiger partial charge in [-0.2, -0.15) is 5.10 Å². The lowest BCUT2D eigenvalue weighted by Gasteiger charge is -2.42. The molecular formula is C27H30FN3O3S. The topological polar surface area (TPSA) is 84.2 Å². The molecule has 2 aliphatic rings. The summed E-state index contributed by atoms with van der Waals surface area (Å²) in [5, 5.41) is 16.5. The number of rotatable bonds is 7. The SMILES string of the molecule is CCS(=O)(=O)Nc1ccccc1CC[C@]1(O)CCC2=Cc3c(cnn3-c3ccc(F)cc3)C[C@@]21C. The predicted octanol–water partition coefficient (Wildman–Crippen LogP) is 4.88. The standard InChI is InChI=1S/C27H30FN3O3S/c1-3-35(33,34)30-24-7-5-4-6-19(24)12-14-27(32)15-13-21-16-25-20(17-26(21,27)2)18-29-31(25)23-10-8-22(28)9-11-23/h4-11,16,18,30,32H,3,12-15,17H2,1-2H3/t26-,27-/m0/s1. The van der Waals surface area contributed by atoms with E-state index >= 15 is 0 Å². The molecule has 1 fully saturated rings. The number of halogens is 1. The smallest absolute Gasteiger partial charge is 0.232 e. The number of sulfonamides is 1. The first-order valence-corrected chi connectivity index (χ1v) is 13.6. The van der Waals surface area contributed by atoms with Crippen LogP contribution in [0.3, 0.4) is 0 Å². The van der Waals surface area contributed by atoms with Gasteiger partial charge in [-0.1, -0.05) is 30.7 Å². The average Bonchev–Trinajstić information content (AvgIpc) is 3.35. The van der Waals surface area contributed by atoms with Crippen LogP contribution < -0.4 is 4.72 Å². The third kappa shape index (κ3) is 4.19. The summed E-state index contributed by atoms with van der Waals surface area (Å²) in [5.74, 6) is -0.281. The quantitative estimate of drug-likeness (QED) is 0.490. The van der Waals surface area contributed by atoms with E-state index in [-0.39, 0.29) is 11.6 Å². The Morgan fingerprint density at radius 2 is 1.91 bits per heavy atom. The number of benzene rings is 2. The maximum Gasteiger partial charge on any atom is 0.232 e. The number of aryl methyl sites for hydroxylation is 1. The molecule has 2 N–H and O–H groups in total. The van der Waals surface area contributed by atoms with E-state index in [0.29, 0.717) is 31.4 Å². The first-order chi connectivity index (χ1) is 16.6. The van der Waals surface area contributed by atoms with E-state index in [4.69, 9.17) is 0 Å². The van der Waals surface area contributed by atoms with Crippen molar-refractivity contribution in [2.24, 2.45) is 5.41 Å². The minimum Gasteiger partial charge on any atom is -0.389 e. The van der Waals surface area contributed by atoms with E-state index in [1.807, 2.05) is 29.1 Å². The van der Waals surface area contributed by atoms with Crippen molar-refractivity contribution in [3.63, 3.8) is 0 Å². The number of hydrogen-bond acceptors (Lipinski definition) is 4. The molecule has 1 saturated carbocycles. The highest BCUT2D eigenvalue weighted by atomic mass is 32.2. The molecule has 2 atom stereocenters. The number of fused-ring (bicyclic) bond motifs is 2. The number of aliphatic hydroxyl groups is 1. The van der Waals surface area contributed by atoms with Crippen molar-refractivity contribution in [1.82, 2.24) is 9.78 Å². The summed E-state index contributed by atoms with van der Waals surface area (Å²) in [6, 6.07) is 13.7. The molecule has 1 heterocycles. The van der Waals surface area contributed by atoms with Crippen LogP contribution in [0.15, 0.2) is 60.3 Å². The molecule has 0 unspecified atom stereocenters. The van der Waals surface area contributed by atoms with Crippen LogP contribution >= 0.6 is 0 Å². The second-order valence-electron chi connectivity index (χ2n) is 9.82. The summed E-state index contributed by atoms with van der Waals surface area (Å²) < 4.78 is 42.1. The van der Waals surface area contributed by atoms with Crippen LogP contribution in [0.4, 0.5) is 10.1 Å². The van der Waals surface area contributed by atoms with Crippen molar-refractivity contribution < 1.29 is 17.9 Å². The van der Waals surface area contributed by atoms with E-state index in [1.165, 1.54) is 17.7 Å². The van der Waals surface area contributed by atoms with Crippen molar-refractivity contribution >= 4 is 21.8 Å². The molecule has 8 heteroatoms. The summed E-state index contributed by atoms with van der Waals surface area (Å²) in [5.41, 5.74) is 4.11. The molecule has 0 aliphatic heterocycles. The Bertz CT molecular complexity index is 1400. The van der Waals surface area contributed by atoms with Gasteiger partial charge in [0.15, 0.2) is 0 Å². The molecule has 0 spiro atoms. The zero-order valence-corrected chi connectivity index (χ0v) is 20.8. The molecule has 6 nitrogen and oxygen atoms in total. The van der Waals surface area contributed by atoms with Gasteiger partial charge in [-0.05, 0) is 86.6 Å². The van der Waals surface area contributed by atoms with Gasteiger partial charge in [0, 0.05) is 5.41 Å². The Balaban J connectivity index is 1.40. The van der Waals surface area contributed by atoms with Crippen LogP contribution in [0.25, 0.3) is 11.8 Å². The van der Waals surface area contributed by atoms with Gasteiger partial charge in [-0.3, -0.25) is 4.72 Å². The highest BCUT2D eigenvalue weighted by Gasteiger charge is 2.54. The van der Waals surface area contributed by atoms with Crippen molar-refractivity contribution in [2.45, 2.75) is 51.6 Å². The molecule has 0 amide bonds. The third-order valence-electron chi connectivity index (χ3n) is 7.83. The van der Waals surface area contributed by atoms with Gasteiger partial charge in [0.2, 0.25) is 10.0 Å². The number of nitrogens with one attached hydrogen (secondary N) is 1. The number of anilines is 1. The van der Waals surface area contributed by atoms with Gasteiger partial charge in [0.05, 0.1) is 34.6 Å². The zero-order valence-electron chi connectivity index (χ0n) is 20.0. The molecule has 0 bridgehead atoms. The molecule has 35 heavy (non-hydrogen) atoms. The van der Waals surface area contributed by atoms with E-state index < -0.39 is 21.0 Å².